The number of sulfonamides is 1. The maximum absolute atomic E-state index is 12.3. The van der Waals surface area contributed by atoms with Crippen LogP contribution >= 0.6 is 11.3 Å². The van der Waals surface area contributed by atoms with Crippen LogP contribution in [0.1, 0.15) is 21.5 Å². The van der Waals surface area contributed by atoms with E-state index >= 15 is 0 Å². The maximum Gasteiger partial charge on any atom is 0.254 e. The standard InChI is InChI=1S/C20H25N3O3S2/c1-17-2-4-18(5-3-17)7-15-28(25,26)21-8-9-22-10-12-23(13-11-22)20(24)19-6-14-27-16-19/h2-7,14-16,21H,8-13H2,1H3/b15-7+. The number of amides is 1. The third-order valence-corrected chi connectivity index (χ3v) is 6.46. The number of thiophene rings is 1. The molecule has 8 heteroatoms. The fourth-order valence-electron chi connectivity index (χ4n) is 2.98. The molecule has 0 spiro atoms. The van der Waals surface area contributed by atoms with Gasteiger partial charge in [-0.05, 0) is 30.0 Å². The van der Waals surface area contributed by atoms with E-state index in [-0.39, 0.29) is 5.91 Å². The van der Waals surface area contributed by atoms with Crippen molar-refractivity contribution in [2.24, 2.45) is 0 Å². The summed E-state index contributed by atoms with van der Waals surface area (Å²) in [5.74, 6) is 0.0721. The topological polar surface area (TPSA) is 69.7 Å². The van der Waals surface area contributed by atoms with Crippen LogP contribution in [0.5, 0.6) is 0 Å². The monoisotopic (exact) mass is 419 g/mol. The van der Waals surface area contributed by atoms with E-state index in [1.54, 1.807) is 6.08 Å². The summed E-state index contributed by atoms with van der Waals surface area (Å²) in [6.07, 6.45) is 1.59. The number of hydrogen-bond acceptors (Lipinski definition) is 5. The number of carbonyl (C=O) groups excluding carboxylic acids is 1. The first-order valence-corrected chi connectivity index (χ1v) is 11.7. The van der Waals surface area contributed by atoms with Gasteiger partial charge < -0.3 is 4.90 Å². The summed E-state index contributed by atoms with van der Waals surface area (Å²) < 4.78 is 26.8. The van der Waals surface area contributed by atoms with Gasteiger partial charge in [0, 0.05) is 50.1 Å². The van der Waals surface area contributed by atoms with Crippen LogP contribution in [-0.2, 0) is 10.0 Å². The molecule has 1 aromatic carbocycles. The van der Waals surface area contributed by atoms with Crippen molar-refractivity contribution < 1.29 is 13.2 Å². The zero-order valence-corrected chi connectivity index (χ0v) is 17.5. The third-order valence-electron chi connectivity index (χ3n) is 4.68. The molecule has 1 saturated heterocycles. The van der Waals surface area contributed by atoms with Crippen LogP contribution in [0.2, 0.25) is 0 Å². The van der Waals surface area contributed by atoms with E-state index in [1.165, 1.54) is 16.7 Å². The molecule has 0 saturated carbocycles. The van der Waals surface area contributed by atoms with Gasteiger partial charge in [0.1, 0.15) is 0 Å². The van der Waals surface area contributed by atoms with Crippen LogP contribution in [-0.4, -0.2) is 63.4 Å². The Morgan fingerprint density at radius 3 is 2.50 bits per heavy atom. The lowest BCUT2D eigenvalue weighted by Crippen LogP contribution is -2.50. The molecule has 6 nitrogen and oxygen atoms in total. The molecule has 1 fully saturated rings. The van der Waals surface area contributed by atoms with Gasteiger partial charge in [0.25, 0.3) is 5.91 Å². The third kappa shape index (κ3) is 6.00. The summed E-state index contributed by atoms with van der Waals surface area (Å²) in [7, 11) is -3.47. The van der Waals surface area contributed by atoms with Gasteiger partial charge in [0.05, 0.1) is 5.56 Å². The quantitative estimate of drug-likeness (QED) is 0.748. The van der Waals surface area contributed by atoms with Crippen LogP contribution in [0.3, 0.4) is 0 Å². The van der Waals surface area contributed by atoms with Crippen molar-refractivity contribution in [2.45, 2.75) is 6.92 Å². The Labute approximate surface area is 170 Å². The molecule has 0 radical (unpaired) electrons. The van der Waals surface area contributed by atoms with Crippen molar-refractivity contribution in [1.82, 2.24) is 14.5 Å². The second-order valence-electron chi connectivity index (χ2n) is 6.80. The Balaban J connectivity index is 1.40. The van der Waals surface area contributed by atoms with E-state index in [0.717, 1.165) is 29.8 Å². The Bertz CT molecular complexity index is 899. The highest BCUT2D eigenvalue weighted by atomic mass is 32.2. The lowest BCUT2D eigenvalue weighted by atomic mass is 10.2. The first kappa shape index (κ1) is 20.7. The van der Waals surface area contributed by atoms with Gasteiger partial charge in [0.15, 0.2) is 0 Å². The SMILES string of the molecule is Cc1ccc(/C=C/S(=O)(=O)NCCN2CCN(C(=O)c3ccsc3)CC2)cc1. The highest BCUT2D eigenvalue weighted by Gasteiger charge is 2.22. The van der Waals surface area contributed by atoms with E-state index in [4.69, 9.17) is 0 Å². The first-order valence-electron chi connectivity index (χ1n) is 9.21. The summed E-state index contributed by atoms with van der Waals surface area (Å²) >= 11 is 1.52. The minimum Gasteiger partial charge on any atom is -0.336 e. The van der Waals surface area contributed by atoms with Gasteiger partial charge in [-0.3, -0.25) is 9.69 Å². The number of rotatable bonds is 7. The summed E-state index contributed by atoms with van der Waals surface area (Å²) in [5, 5.41) is 4.98. The van der Waals surface area contributed by atoms with E-state index in [2.05, 4.69) is 9.62 Å². The Kier molecular flexibility index (Phi) is 7.01. The number of carbonyl (C=O) groups is 1. The zero-order valence-electron chi connectivity index (χ0n) is 15.9. The van der Waals surface area contributed by atoms with E-state index in [0.29, 0.717) is 26.2 Å². The molecular formula is C20H25N3O3S2. The van der Waals surface area contributed by atoms with Crippen LogP contribution in [0.25, 0.3) is 6.08 Å². The second kappa shape index (κ2) is 9.47. The predicted octanol–water partition coefficient (Wildman–Crippen LogP) is 2.40. The predicted molar refractivity (Wildman–Crippen MR) is 114 cm³/mol. The number of aryl methyl sites for hydroxylation is 1. The Morgan fingerprint density at radius 2 is 1.86 bits per heavy atom. The minimum absolute atomic E-state index is 0.0721. The van der Waals surface area contributed by atoms with Crippen molar-refractivity contribution in [3.05, 3.63) is 63.2 Å². The molecule has 1 aromatic heterocycles. The molecule has 150 valence electrons. The normalized spacial score (nSPS) is 16.0. The van der Waals surface area contributed by atoms with Gasteiger partial charge in [-0.15, -0.1) is 0 Å². The summed E-state index contributed by atoms with van der Waals surface area (Å²) in [4.78, 5) is 16.4. The average molecular weight is 420 g/mol. The van der Waals surface area contributed by atoms with Crippen molar-refractivity contribution in [2.75, 3.05) is 39.3 Å². The van der Waals surface area contributed by atoms with Crippen molar-refractivity contribution in [1.29, 1.82) is 0 Å². The summed E-state index contributed by atoms with van der Waals surface area (Å²) in [5.41, 5.74) is 2.73. The minimum atomic E-state index is -3.47. The second-order valence-corrected chi connectivity index (χ2v) is 9.23. The number of piperazine rings is 1. The molecule has 2 heterocycles. The molecule has 0 atom stereocenters. The molecule has 3 rings (SSSR count). The molecule has 1 aliphatic heterocycles. The van der Waals surface area contributed by atoms with Crippen LogP contribution in [0.4, 0.5) is 0 Å². The van der Waals surface area contributed by atoms with E-state index in [9.17, 15) is 13.2 Å². The smallest absolute Gasteiger partial charge is 0.254 e. The molecule has 0 unspecified atom stereocenters. The van der Waals surface area contributed by atoms with Crippen molar-refractivity contribution in [3.8, 4) is 0 Å². The first-order chi connectivity index (χ1) is 13.4. The Morgan fingerprint density at radius 1 is 1.14 bits per heavy atom. The van der Waals surface area contributed by atoms with E-state index < -0.39 is 10.0 Å². The van der Waals surface area contributed by atoms with Gasteiger partial charge in [-0.2, -0.15) is 11.3 Å². The van der Waals surface area contributed by atoms with Gasteiger partial charge in [-0.25, -0.2) is 13.1 Å². The van der Waals surface area contributed by atoms with Crippen molar-refractivity contribution in [3.63, 3.8) is 0 Å². The van der Waals surface area contributed by atoms with Crippen molar-refractivity contribution >= 4 is 33.3 Å². The van der Waals surface area contributed by atoms with Crippen LogP contribution in [0.15, 0.2) is 46.5 Å². The van der Waals surface area contributed by atoms with E-state index in [1.807, 2.05) is 52.9 Å². The summed E-state index contributed by atoms with van der Waals surface area (Å²) in [6.45, 7) is 5.78. The zero-order chi connectivity index (χ0) is 20.0. The average Bonchev–Trinajstić information content (AvgIpc) is 3.22. The van der Waals surface area contributed by atoms with Gasteiger partial charge in [-0.1, -0.05) is 29.8 Å². The largest absolute Gasteiger partial charge is 0.336 e. The fourth-order valence-corrected chi connectivity index (χ4v) is 4.42. The molecule has 28 heavy (non-hydrogen) atoms. The fraction of sp³-hybridized carbons (Fsp3) is 0.350. The molecule has 1 amide bonds. The number of nitrogens with one attached hydrogen (secondary N) is 1. The summed E-state index contributed by atoms with van der Waals surface area (Å²) in [6, 6.07) is 9.51. The Hall–Kier alpha value is -2.00. The van der Waals surface area contributed by atoms with Crippen LogP contribution < -0.4 is 4.72 Å². The maximum atomic E-state index is 12.3. The lowest BCUT2D eigenvalue weighted by molar-refractivity contribution is 0.0640. The molecule has 1 N–H and O–H groups in total. The number of nitrogens with zero attached hydrogens (tertiary/aromatic N) is 2. The molecule has 0 aliphatic carbocycles. The van der Waals surface area contributed by atoms with Gasteiger partial charge in [0.2, 0.25) is 10.0 Å². The number of hydrogen-bond donors (Lipinski definition) is 1. The van der Waals surface area contributed by atoms with Gasteiger partial charge >= 0.3 is 0 Å². The highest BCUT2D eigenvalue weighted by Crippen LogP contribution is 2.12. The highest BCUT2D eigenvalue weighted by molar-refractivity contribution is 7.92. The lowest BCUT2D eigenvalue weighted by Gasteiger charge is -2.34. The molecule has 1 aliphatic rings. The van der Waals surface area contributed by atoms with Crippen LogP contribution in [0, 0.1) is 6.92 Å². The molecule has 2 aromatic rings. The molecular weight excluding hydrogens is 394 g/mol. The number of benzene rings is 1. The molecule has 0 bridgehead atoms.